The number of nitrogens with zero attached hydrogens (tertiary/aromatic N) is 1. The molecule has 2 atom stereocenters. The Morgan fingerprint density at radius 3 is 2.56 bits per heavy atom. The molecular weight excluding hydrogens is 202 g/mol. The average molecular weight is 221 g/mol. The van der Waals surface area contributed by atoms with Gasteiger partial charge in [-0.15, -0.1) is 0 Å². The Morgan fingerprint density at radius 1 is 1.31 bits per heavy atom. The predicted molar refractivity (Wildman–Crippen MR) is 64.9 cm³/mol. The van der Waals surface area contributed by atoms with Gasteiger partial charge >= 0.3 is 0 Å². The van der Waals surface area contributed by atoms with Crippen LogP contribution < -0.4 is 4.90 Å². The van der Waals surface area contributed by atoms with Crippen LogP contribution in [0.25, 0.3) is 0 Å². The molecule has 1 aromatic rings. The van der Waals surface area contributed by atoms with Gasteiger partial charge in [0.2, 0.25) is 0 Å². The van der Waals surface area contributed by atoms with Crippen molar-refractivity contribution in [2.45, 2.75) is 45.4 Å². The molecule has 0 bridgehead atoms. The zero-order chi connectivity index (χ0) is 11.9. The first-order valence-corrected chi connectivity index (χ1v) is 5.79. The first-order chi connectivity index (χ1) is 7.52. The second-order valence-electron chi connectivity index (χ2n) is 4.79. The van der Waals surface area contributed by atoms with Crippen LogP contribution in [0.3, 0.4) is 0 Å². The summed E-state index contributed by atoms with van der Waals surface area (Å²) >= 11 is 0. The molecule has 0 spiro atoms. The lowest BCUT2D eigenvalue weighted by Gasteiger charge is -2.33. The summed E-state index contributed by atoms with van der Waals surface area (Å²) in [6.07, 6.45) is 0.326. The summed E-state index contributed by atoms with van der Waals surface area (Å²) in [4.78, 5) is 2.19. The lowest BCUT2D eigenvalue weighted by Crippen LogP contribution is -2.44. The van der Waals surface area contributed by atoms with Crippen molar-refractivity contribution >= 4 is 5.69 Å². The van der Waals surface area contributed by atoms with Crippen LogP contribution in [0, 0.1) is 0 Å². The highest BCUT2D eigenvalue weighted by Crippen LogP contribution is 2.39. The molecule has 2 unspecified atom stereocenters. The van der Waals surface area contributed by atoms with E-state index in [0.29, 0.717) is 11.8 Å². The largest absolute Gasteiger partial charge is 0.508 e. The fourth-order valence-corrected chi connectivity index (χ4v) is 2.56. The molecule has 3 nitrogen and oxygen atoms in total. The summed E-state index contributed by atoms with van der Waals surface area (Å²) < 4.78 is 0. The summed E-state index contributed by atoms with van der Waals surface area (Å²) in [6.45, 7) is 6.02. The second-order valence-corrected chi connectivity index (χ2v) is 4.79. The first kappa shape index (κ1) is 11.3. The van der Waals surface area contributed by atoms with Gasteiger partial charge < -0.3 is 15.1 Å². The number of hydrogen-bond donors (Lipinski definition) is 2. The van der Waals surface area contributed by atoms with Crippen LogP contribution in [0.1, 0.15) is 26.3 Å². The Kier molecular flexibility index (Phi) is 2.80. The lowest BCUT2D eigenvalue weighted by atomic mass is 10.1. The molecule has 0 fully saturated rings. The maximum absolute atomic E-state index is 9.82. The van der Waals surface area contributed by atoms with Crippen molar-refractivity contribution in [1.82, 2.24) is 0 Å². The number of aliphatic hydroxyl groups excluding tert-OH is 1. The number of phenols is 1. The van der Waals surface area contributed by atoms with Crippen LogP contribution >= 0.6 is 0 Å². The molecule has 0 saturated carbocycles. The highest BCUT2D eigenvalue weighted by Gasteiger charge is 2.35. The zero-order valence-corrected chi connectivity index (χ0v) is 10.0. The maximum atomic E-state index is 9.82. The van der Waals surface area contributed by atoms with E-state index in [1.54, 1.807) is 6.07 Å². The molecule has 16 heavy (non-hydrogen) atoms. The number of anilines is 1. The van der Waals surface area contributed by atoms with Crippen LogP contribution in [0.5, 0.6) is 5.75 Å². The summed E-state index contributed by atoms with van der Waals surface area (Å²) in [5, 5.41) is 19.6. The summed E-state index contributed by atoms with van der Waals surface area (Å²) in [7, 11) is 0. The van der Waals surface area contributed by atoms with Gasteiger partial charge in [-0.1, -0.05) is 6.07 Å². The standard InChI is InChI=1S/C13H19NO2/c1-8(2)14-11-5-4-6-13(16)10(11)7-12(14)9(3)15/h4-6,8-9,12,15-16H,7H2,1-3H3. The maximum Gasteiger partial charge on any atom is 0.120 e. The molecule has 2 N–H and O–H groups in total. The minimum Gasteiger partial charge on any atom is -0.508 e. The Hall–Kier alpha value is -1.22. The Bertz CT molecular complexity index is 388. The van der Waals surface area contributed by atoms with Crippen LogP contribution in [0.4, 0.5) is 5.69 Å². The lowest BCUT2D eigenvalue weighted by molar-refractivity contribution is 0.159. The number of phenolic OH excluding ortho intramolecular Hbond substituents is 1. The van der Waals surface area contributed by atoms with E-state index in [4.69, 9.17) is 0 Å². The van der Waals surface area contributed by atoms with Crippen LogP contribution in [-0.2, 0) is 6.42 Å². The van der Waals surface area contributed by atoms with Gasteiger partial charge in [-0.2, -0.15) is 0 Å². The summed E-state index contributed by atoms with van der Waals surface area (Å²) in [5.74, 6) is 0.339. The van der Waals surface area contributed by atoms with Crippen molar-refractivity contribution in [3.8, 4) is 5.75 Å². The normalized spacial score (nSPS) is 21.3. The van der Waals surface area contributed by atoms with E-state index in [9.17, 15) is 10.2 Å². The van der Waals surface area contributed by atoms with Crippen molar-refractivity contribution in [3.05, 3.63) is 23.8 Å². The number of aliphatic hydroxyl groups is 1. The fourth-order valence-electron chi connectivity index (χ4n) is 2.56. The molecule has 0 saturated heterocycles. The van der Waals surface area contributed by atoms with Gasteiger partial charge in [-0.3, -0.25) is 0 Å². The SMILES string of the molecule is CC(O)C1Cc2c(O)cccc2N1C(C)C. The van der Waals surface area contributed by atoms with Gasteiger partial charge in [-0.05, 0) is 32.9 Å². The Balaban J connectivity index is 2.45. The minimum absolute atomic E-state index is 0.0725. The molecule has 88 valence electrons. The van der Waals surface area contributed by atoms with E-state index in [1.165, 1.54) is 0 Å². The van der Waals surface area contributed by atoms with Crippen molar-refractivity contribution in [3.63, 3.8) is 0 Å². The molecule has 3 heteroatoms. The molecule has 0 radical (unpaired) electrons. The van der Waals surface area contributed by atoms with Crippen molar-refractivity contribution in [1.29, 1.82) is 0 Å². The van der Waals surface area contributed by atoms with Crippen molar-refractivity contribution < 1.29 is 10.2 Å². The molecule has 2 rings (SSSR count). The summed E-state index contributed by atoms with van der Waals surface area (Å²) in [5.41, 5.74) is 2.02. The fraction of sp³-hybridized carbons (Fsp3) is 0.538. The third-order valence-electron chi connectivity index (χ3n) is 3.29. The Labute approximate surface area is 96.3 Å². The number of rotatable bonds is 2. The van der Waals surface area contributed by atoms with Crippen molar-refractivity contribution in [2.75, 3.05) is 4.90 Å². The monoisotopic (exact) mass is 221 g/mol. The number of hydrogen-bond acceptors (Lipinski definition) is 3. The number of aromatic hydroxyl groups is 1. The highest BCUT2D eigenvalue weighted by molar-refractivity contribution is 5.64. The van der Waals surface area contributed by atoms with Crippen LogP contribution in [-0.4, -0.2) is 28.4 Å². The van der Waals surface area contributed by atoms with E-state index in [0.717, 1.165) is 17.7 Å². The number of benzene rings is 1. The van der Waals surface area contributed by atoms with E-state index >= 15 is 0 Å². The smallest absolute Gasteiger partial charge is 0.120 e. The molecule has 0 amide bonds. The van der Waals surface area contributed by atoms with Crippen molar-refractivity contribution in [2.24, 2.45) is 0 Å². The highest BCUT2D eigenvalue weighted by atomic mass is 16.3. The molecule has 1 aromatic carbocycles. The van der Waals surface area contributed by atoms with Gasteiger partial charge in [-0.25, -0.2) is 0 Å². The molecular formula is C13H19NO2. The summed E-state index contributed by atoms with van der Waals surface area (Å²) in [6, 6.07) is 5.97. The van der Waals surface area contributed by atoms with E-state index in [1.807, 2.05) is 19.1 Å². The van der Waals surface area contributed by atoms with E-state index in [-0.39, 0.29) is 6.04 Å². The molecule has 0 aromatic heterocycles. The van der Waals surface area contributed by atoms with Gasteiger partial charge in [0.1, 0.15) is 5.75 Å². The van der Waals surface area contributed by atoms with Gasteiger partial charge in [0.15, 0.2) is 0 Å². The van der Waals surface area contributed by atoms with Gasteiger partial charge in [0.25, 0.3) is 0 Å². The minimum atomic E-state index is -0.394. The molecule has 1 aliphatic heterocycles. The number of fused-ring (bicyclic) bond motifs is 1. The molecule has 1 heterocycles. The molecule has 0 aliphatic carbocycles. The van der Waals surface area contributed by atoms with Crippen LogP contribution in [0.2, 0.25) is 0 Å². The van der Waals surface area contributed by atoms with Gasteiger partial charge in [0.05, 0.1) is 12.1 Å². The van der Waals surface area contributed by atoms with Crippen LogP contribution in [0.15, 0.2) is 18.2 Å². The topological polar surface area (TPSA) is 43.7 Å². The third-order valence-corrected chi connectivity index (χ3v) is 3.29. The van der Waals surface area contributed by atoms with E-state index in [2.05, 4.69) is 18.7 Å². The quantitative estimate of drug-likeness (QED) is 0.801. The Morgan fingerprint density at radius 2 is 2.00 bits per heavy atom. The average Bonchev–Trinajstić information content (AvgIpc) is 2.58. The van der Waals surface area contributed by atoms with Gasteiger partial charge in [0, 0.05) is 23.7 Å². The second kappa shape index (κ2) is 3.98. The third kappa shape index (κ3) is 1.65. The first-order valence-electron chi connectivity index (χ1n) is 5.79. The van der Waals surface area contributed by atoms with E-state index < -0.39 is 6.10 Å². The predicted octanol–water partition coefficient (Wildman–Crippen LogP) is 1.91. The zero-order valence-electron chi connectivity index (χ0n) is 10.0. The molecule has 1 aliphatic rings.